The summed E-state index contributed by atoms with van der Waals surface area (Å²) in [6.45, 7) is 5.94. The molecular weight excluding hydrogens is 402 g/mol. The molecule has 5 heteroatoms. The summed E-state index contributed by atoms with van der Waals surface area (Å²) >= 11 is 0. The number of carbonyl (C=O) groups is 2. The Morgan fingerprint density at radius 3 is 2.53 bits per heavy atom. The van der Waals surface area contributed by atoms with Gasteiger partial charge in [-0.05, 0) is 75.1 Å². The lowest BCUT2D eigenvalue weighted by molar-refractivity contribution is -0.137. The molecule has 1 saturated heterocycles. The molecule has 0 radical (unpaired) electrons. The van der Waals surface area contributed by atoms with Gasteiger partial charge in [0.2, 0.25) is 0 Å². The standard InChI is InChI=1S/C27H27NO4/c1-18-7-6-8-20(11-16-24-19(2)27(30)32-25(24)17-18)26(29)28-21-12-14-23(15-13-21)31-22-9-4-3-5-10-22/h3-5,8-10,12-15,17,24-25H,2,6-7,11,16H2,1H3,(H,28,29)/t24-,25-/m1/s1. The molecule has 1 aliphatic heterocycles. The van der Waals surface area contributed by atoms with Gasteiger partial charge in [0, 0.05) is 22.8 Å². The maximum atomic E-state index is 13.0. The van der Waals surface area contributed by atoms with Crippen molar-refractivity contribution in [1.82, 2.24) is 0 Å². The lowest BCUT2D eigenvalue weighted by Crippen LogP contribution is -2.19. The van der Waals surface area contributed by atoms with Crippen molar-refractivity contribution in [2.75, 3.05) is 5.32 Å². The van der Waals surface area contributed by atoms with Crippen LogP contribution in [0.3, 0.4) is 0 Å². The van der Waals surface area contributed by atoms with Crippen molar-refractivity contribution in [3.05, 3.63) is 90.0 Å². The quantitative estimate of drug-likeness (QED) is 0.370. The Kier molecular flexibility index (Phi) is 6.55. The third-order valence-corrected chi connectivity index (χ3v) is 5.84. The van der Waals surface area contributed by atoms with Crippen LogP contribution in [-0.4, -0.2) is 18.0 Å². The summed E-state index contributed by atoms with van der Waals surface area (Å²) in [5.41, 5.74) is 3.06. The number of hydrogen-bond donors (Lipinski definition) is 1. The minimum absolute atomic E-state index is 0.0961. The Hall–Kier alpha value is -3.60. The van der Waals surface area contributed by atoms with E-state index in [9.17, 15) is 9.59 Å². The Balaban J connectivity index is 1.42. The van der Waals surface area contributed by atoms with Gasteiger partial charge in [-0.2, -0.15) is 0 Å². The first-order valence-electron chi connectivity index (χ1n) is 10.9. The first-order chi connectivity index (χ1) is 15.5. The molecule has 32 heavy (non-hydrogen) atoms. The molecule has 1 aliphatic carbocycles. The fourth-order valence-corrected chi connectivity index (χ4v) is 4.02. The molecule has 2 aliphatic rings. The van der Waals surface area contributed by atoms with E-state index < -0.39 is 0 Å². The van der Waals surface area contributed by atoms with Crippen molar-refractivity contribution >= 4 is 17.6 Å². The normalized spacial score (nSPS) is 21.0. The van der Waals surface area contributed by atoms with Gasteiger partial charge in [-0.25, -0.2) is 4.79 Å². The van der Waals surface area contributed by atoms with Crippen LogP contribution in [0, 0.1) is 5.92 Å². The molecule has 2 aromatic carbocycles. The summed E-state index contributed by atoms with van der Waals surface area (Å²) in [7, 11) is 0. The second-order valence-electron chi connectivity index (χ2n) is 8.22. The molecule has 1 N–H and O–H groups in total. The Labute approximate surface area is 188 Å². The predicted octanol–water partition coefficient (Wildman–Crippen LogP) is 5.96. The summed E-state index contributed by atoms with van der Waals surface area (Å²) in [6.07, 6.45) is 6.53. The molecular formula is C27H27NO4. The lowest BCUT2D eigenvalue weighted by atomic mass is 9.87. The fraction of sp³-hybridized carbons (Fsp3) is 0.259. The fourth-order valence-electron chi connectivity index (χ4n) is 4.02. The zero-order valence-electron chi connectivity index (χ0n) is 18.2. The highest BCUT2D eigenvalue weighted by Crippen LogP contribution is 2.34. The van der Waals surface area contributed by atoms with Crippen molar-refractivity contribution in [3.8, 4) is 11.5 Å². The second kappa shape index (κ2) is 9.69. The van der Waals surface area contributed by atoms with Gasteiger partial charge >= 0.3 is 5.97 Å². The summed E-state index contributed by atoms with van der Waals surface area (Å²) in [4.78, 5) is 25.0. The van der Waals surface area contributed by atoms with Crippen molar-refractivity contribution < 1.29 is 19.1 Å². The monoisotopic (exact) mass is 429 g/mol. The summed E-state index contributed by atoms with van der Waals surface area (Å²) < 4.78 is 11.3. The molecule has 164 valence electrons. The molecule has 5 nitrogen and oxygen atoms in total. The largest absolute Gasteiger partial charge is 0.457 e. The van der Waals surface area contributed by atoms with Gasteiger partial charge in [-0.3, -0.25) is 4.79 Å². The number of benzene rings is 2. The zero-order chi connectivity index (χ0) is 22.5. The Morgan fingerprint density at radius 1 is 1.06 bits per heavy atom. The number of hydrogen-bond acceptors (Lipinski definition) is 4. The van der Waals surface area contributed by atoms with Gasteiger partial charge in [0.1, 0.15) is 17.6 Å². The molecule has 1 amide bonds. The van der Waals surface area contributed by atoms with Crippen LogP contribution < -0.4 is 10.1 Å². The average Bonchev–Trinajstić information content (AvgIpc) is 3.05. The van der Waals surface area contributed by atoms with Gasteiger partial charge < -0.3 is 14.8 Å². The van der Waals surface area contributed by atoms with Crippen LogP contribution in [0.25, 0.3) is 0 Å². The van der Waals surface area contributed by atoms with Crippen molar-refractivity contribution in [3.63, 3.8) is 0 Å². The highest BCUT2D eigenvalue weighted by molar-refractivity contribution is 6.03. The van der Waals surface area contributed by atoms with E-state index in [1.54, 1.807) is 0 Å². The van der Waals surface area contributed by atoms with Crippen molar-refractivity contribution in [2.24, 2.45) is 5.92 Å². The number of fused-ring (bicyclic) bond motifs is 1. The van der Waals surface area contributed by atoms with E-state index in [-0.39, 0.29) is 23.9 Å². The minimum Gasteiger partial charge on any atom is -0.457 e. The van der Waals surface area contributed by atoms with Crippen LogP contribution in [0.4, 0.5) is 5.69 Å². The highest BCUT2D eigenvalue weighted by Gasteiger charge is 2.37. The van der Waals surface area contributed by atoms with Crippen LogP contribution in [0.5, 0.6) is 11.5 Å². The molecule has 0 spiro atoms. The SMILES string of the molecule is C=C1C(=O)O[C@@H]2C=C(C)CCC=C(C(=O)Nc3ccc(Oc4ccccc4)cc3)CC[C@H]12. The van der Waals surface area contributed by atoms with E-state index in [0.717, 1.165) is 29.7 Å². The van der Waals surface area contributed by atoms with Gasteiger partial charge in [0.25, 0.3) is 5.91 Å². The second-order valence-corrected chi connectivity index (χ2v) is 8.22. The highest BCUT2D eigenvalue weighted by atomic mass is 16.6. The Bertz CT molecular complexity index is 1070. The number of carbonyl (C=O) groups excluding carboxylic acids is 2. The third-order valence-electron chi connectivity index (χ3n) is 5.84. The summed E-state index contributed by atoms with van der Waals surface area (Å²) in [6, 6.07) is 16.9. The van der Waals surface area contributed by atoms with Crippen LogP contribution in [-0.2, 0) is 14.3 Å². The number of para-hydroxylation sites is 1. The maximum Gasteiger partial charge on any atom is 0.334 e. The van der Waals surface area contributed by atoms with Gasteiger partial charge in [-0.15, -0.1) is 0 Å². The molecule has 2 atom stereocenters. The van der Waals surface area contributed by atoms with Crippen molar-refractivity contribution in [1.29, 1.82) is 0 Å². The molecule has 1 fully saturated rings. The zero-order valence-corrected chi connectivity index (χ0v) is 18.2. The molecule has 4 rings (SSSR count). The molecule has 0 bridgehead atoms. The number of amides is 1. The number of anilines is 1. The summed E-state index contributed by atoms with van der Waals surface area (Å²) in [5.74, 6) is 0.896. The molecule has 0 unspecified atom stereocenters. The number of allylic oxidation sites excluding steroid dienone is 2. The molecule has 0 saturated carbocycles. The smallest absolute Gasteiger partial charge is 0.334 e. The number of ether oxygens (including phenoxy) is 2. The van der Waals surface area contributed by atoms with E-state index in [0.29, 0.717) is 29.9 Å². The van der Waals surface area contributed by atoms with E-state index in [1.165, 1.54) is 0 Å². The van der Waals surface area contributed by atoms with Gasteiger partial charge in [0.05, 0.1) is 0 Å². The lowest BCUT2D eigenvalue weighted by Gasteiger charge is -2.18. The first kappa shape index (κ1) is 21.6. The first-order valence-corrected chi connectivity index (χ1v) is 10.9. The number of esters is 1. The van der Waals surface area contributed by atoms with Crippen LogP contribution in [0.15, 0.2) is 90.0 Å². The Morgan fingerprint density at radius 2 is 1.78 bits per heavy atom. The number of nitrogens with one attached hydrogen (secondary N) is 1. The average molecular weight is 430 g/mol. The molecule has 1 heterocycles. The van der Waals surface area contributed by atoms with Crippen molar-refractivity contribution in [2.45, 2.75) is 38.7 Å². The molecule has 2 aromatic rings. The van der Waals surface area contributed by atoms with Crippen LogP contribution in [0.2, 0.25) is 0 Å². The van der Waals surface area contributed by atoms with Crippen LogP contribution in [0.1, 0.15) is 32.6 Å². The van der Waals surface area contributed by atoms with Gasteiger partial charge in [-0.1, -0.05) is 36.4 Å². The summed E-state index contributed by atoms with van der Waals surface area (Å²) in [5, 5.41) is 2.98. The van der Waals surface area contributed by atoms with Crippen LogP contribution >= 0.6 is 0 Å². The predicted molar refractivity (Wildman–Crippen MR) is 124 cm³/mol. The third kappa shape index (κ3) is 5.17. The minimum atomic E-state index is -0.337. The topological polar surface area (TPSA) is 64.6 Å². The number of rotatable bonds is 4. The van der Waals surface area contributed by atoms with Gasteiger partial charge in [0.15, 0.2) is 0 Å². The van der Waals surface area contributed by atoms with E-state index in [4.69, 9.17) is 9.47 Å². The van der Waals surface area contributed by atoms with E-state index in [2.05, 4.69) is 11.9 Å². The molecule has 0 aromatic heterocycles. The van der Waals surface area contributed by atoms with E-state index >= 15 is 0 Å². The van der Waals surface area contributed by atoms with E-state index in [1.807, 2.05) is 73.7 Å². The maximum absolute atomic E-state index is 13.0.